The molecule has 0 saturated carbocycles. The normalized spacial score (nSPS) is 10.9. The van der Waals surface area contributed by atoms with E-state index >= 15 is 0 Å². The van der Waals surface area contributed by atoms with Gasteiger partial charge < -0.3 is 0 Å². The molecule has 5 nitrogen and oxygen atoms in total. The molecule has 1 aromatic rings. The number of pyridine rings is 1. The first-order valence-corrected chi connectivity index (χ1v) is 5.50. The quantitative estimate of drug-likeness (QED) is 0.785. The third kappa shape index (κ3) is 2.53. The van der Waals surface area contributed by atoms with Crippen LogP contribution in [0.1, 0.15) is 13.3 Å². The molecule has 0 radical (unpaired) electrons. The highest BCUT2D eigenvalue weighted by Gasteiger charge is 2.15. The molecule has 0 unspecified atom stereocenters. The third-order valence-corrected chi connectivity index (χ3v) is 2.92. The van der Waals surface area contributed by atoms with Crippen LogP contribution in [0.15, 0.2) is 29.4 Å². The first-order chi connectivity index (χ1) is 6.56. The SMILES string of the molecule is CCC(=O)NS(=O)(=O)c1ccncc1. The summed E-state index contributed by atoms with van der Waals surface area (Å²) in [4.78, 5) is 14.6. The summed E-state index contributed by atoms with van der Waals surface area (Å²) in [5.74, 6) is -0.526. The van der Waals surface area contributed by atoms with Crippen LogP contribution in [0.2, 0.25) is 0 Å². The second-order valence-electron chi connectivity index (χ2n) is 2.57. The van der Waals surface area contributed by atoms with Crippen molar-refractivity contribution in [3.8, 4) is 0 Å². The molecule has 0 bridgehead atoms. The van der Waals surface area contributed by atoms with Crippen LogP contribution in [-0.2, 0) is 14.8 Å². The second-order valence-corrected chi connectivity index (χ2v) is 4.25. The molecule has 1 aromatic heterocycles. The Hall–Kier alpha value is -1.43. The van der Waals surface area contributed by atoms with Gasteiger partial charge in [-0.25, -0.2) is 13.1 Å². The lowest BCUT2D eigenvalue weighted by Crippen LogP contribution is -2.29. The molecular formula is C8H10N2O3S. The van der Waals surface area contributed by atoms with Crippen molar-refractivity contribution in [3.63, 3.8) is 0 Å². The molecule has 0 atom stereocenters. The topological polar surface area (TPSA) is 76.1 Å². The molecule has 1 rings (SSSR count). The Morgan fingerprint density at radius 3 is 2.50 bits per heavy atom. The zero-order chi connectivity index (χ0) is 10.6. The van der Waals surface area contributed by atoms with E-state index in [-0.39, 0.29) is 11.3 Å². The summed E-state index contributed by atoms with van der Waals surface area (Å²) < 4.78 is 24.8. The molecule has 0 aromatic carbocycles. The fourth-order valence-electron chi connectivity index (χ4n) is 0.798. The van der Waals surface area contributed by atoms with E-state index < -0.39 is 15.9 Å². The molecule has 1 N–H and O–H groups in total. The number of carbonyl (C=O) groups is 1. The van der Waals surface area contributed by atoms with Gasteiger partial charge >= 0.3 is 0 Å². The number of amides is 1. The highest BCUT2D eigenvalue weighted by molar-refractivity contribution is 7.90. The van der Waals surface area contributed by atoms with Crippen molar-refractivity contribution in [3.05, 3.63) is 24.5 Å². The second kappa shape index (κ2) is 4.19. The number of nitrogens with one attached hydrogen (secondary N) is 1. The van der Waals surface area contributed by atoms with Crippen molar-refractivity contribution in [2.24, 2.45) is 0 Å². The molecule has 0 saturated heterocycles. The Morgan fingerprint density at radius 1 is 1.43 bits per heavy atom. The highest BCUT2D eigenvalue weighted by Crippen LogP contribution is 2.05. The Balaban J connectivity index is 2.93. The Morgan fingerprint density at radius 2 is 2.00 bits per heavy atom. The Kier molecular flexibility index (Phi) is 3.19. The van der Waals surface area contributed by atoms with Gasteiger partial charge in [0, 0.05) is 18.8 Å². The highest BCUT2D eigenvalue weighted by atomic mass is 32.2. The van der Waals surface area contributed by atoms with E-state index in [9.17, 15) is 13.2 Å². The third-order valence-electron chi connectivity index (χ3n) is 1.53. The first-order valence-electron chi connectivity index (χ1n) is 4.02. The van der Waals surface area contributed by atoms with Crippen molar-refractivity contribution >= 4 is 15.9 Å². The van der Waals surface area contributed by atoms with Crippen LogP contribution in [0, 0.1) is 0 Å². The minimum absolute atomic E-state index is 0.0364. The number of aromatic nitrogens is 1. The van der Waals surface area contributed by atoms with E-state index in [1.165, 1.54) is 24.5 Å². The van der Waals surface area contributed by atoms with Gasteiger partial charge in [-0.05, 0) is 12.1 Å². The Labute approximate surface area is 82.2 Å². The molecule has 0 spiro atoms. The monoisotopic (exact) mass is 214 g/mol. The number of rotatable bonds is 3. The fraction of sp³-hybridized carbons (Fsp3) is 0.250. The zero-order valence-corrected chi connectivity index (χ0v) is 8.41. The van der Waals surface area contributed by atoms with Gasteiger partial charge in [-0.1, -0.05) is 6.92 Å². The van der Waals surface area contributed by atoms with Gasteiger partial charge in [0.05, 0.1) is 4.90 Å². The van der Waals surface area contributed by atoms with Crippen molar-refractivity contribution in [1.29, 1.82) is 0 Å². The van der Waals surface area contributed by atoms with Crippen LogP contribution in [0.4, 0.5) is 0 Å². The van der Waals surface area contributed by atoms with Gasteiger partial charge in [-0.2, -0.15) is 0 Å². The minimum Gasteiger partial charge on any atom is -0.274 e. The molecule has 76 valence electrons. The van der Waals surface area contributed by atoms with E-state index in [1.54, 1.807) is 6.92 Å². The molecule has 1 heterocycles. The fourth-order valence-corrected chi connectivity index (χ4v) is 1.84. The standard InChI is InChI=1S/C8H10N2O3S/c1-2-8(11)10-14(12,13)7-3-5-9-6-4-7/h3-6H,2H2,1H3,(H,10,11). The van der Waals surface area contributed by atoms with Gasteiger partial charge in [0.2, 0.25) is 5.91 Å². The molecular weight excluding hydrogens is 204 g/mol. The van der Waals surface area contributed by atoms with Crippen LogP contribution in [0.25, 0.3) is 0 Å². The largest absolute Gasteiger partial charge is 0.274 e. The van der Waals surface area contributed by atoms with Crippen LogP contribution in [0.3, 0.4) is 0 Å². The summed E-state index contributed by atoms with van der Waals surface area (Å²) in [6.45, 7) is 1.58. The van der Waals surface area contributed by atoms with E-state index in [1.807, 2.05) is 4.72 Å². The smallest absolute Gasteiger partial charge is 0.264 e. The minimum atomic E-state index is -3.71. The predicted molar refractivity (Wildman–Crippen MR) is 49.9 cm³/mol. The number of hydrogen-bond donors (Lipinski definition) is 1. The molecule has 0 aliphatic heterocycles. The van der Waals surface area contributed by atoms with Crippen molar-refractivity contribution in [1.82, 2.24) is 9.71 Å². The summed E-state index contributed by atoms with van der Waals surface area (Å²) in [6, 6.07) is 2.65. The molecule has 6 heteroatoms. The summed E-state index contributed by atoms with van der Waals surface area (Å²) in [5, 5.41) is 0. The maximum Gasteiger partial charge on any atom is 0.264 e. The van der Waals surface area contributed by atoms with Crippen LogP contribution >= 0.6 is 0 Å². The van der Waals surface area contributed by atoms with Crippen molar-refractivity contribution in [2.45, 2.75) is 18.2 Å². The summed E-state index contributed by atoms with van der Waals surface area (Å²) in [6.07, 6.45) is 2.83. The van der Waals surface area contributed by atoms with Gasteiger partial charge in [0.1, 0.15) is 0 Å². The zero-order valence-electron chi connectivity index (χ0n) is 7.60. The summed E-state index contributed by atoms with van der Waals surface area (Å²) in [7, 11) is -3.71. The van der Waals surface area contributed by atoms with Crippen LogP contribution in [-0.4, -0.2) is 19.3 Å². The summed E-state index contributed by atoms with van der Waals surface area (Å²) >= 11 is 0. The van der Waals surface area contributed by atoms with Crippen molar-refractivity contribution < 1.29 is 13.2 Å². The lowest BCUT2D eigenvalue weighted by atomic mass is 10.5. The van der Waals surface area contributed by atoms with Gasteiger partial charge in [-0.15, -0.1) is 0 Å². The van der Waals surface area contributed by atoms with Crippen molar-refractivity contribution in [2.75, 3.05) is 0 Å². The maximum absolute atomic E-state index is 11.4. The summed E-state index contributed by atoms with van der Waals surface area (Å²) in [5.41, 5.74) is 0. The Bertz CT molecular complexity index is 413. The van der Waals surface area contributed by atoms with Gasteiger partial charge in [0.25, 0.3) is 10.0 Å². The lowest BCUT2D eigenvalue weighted by Gasteiger charge is -2.04. The lowest BCUT2D eigenvalue weighted by molar-refractivity contribution is -0.119. The number of nitrogens with zero attached hydrogens (tertiary/aromatic N) is 1. The molecule has 1 amide bonds. The first kappa shape index (κ1) is 10.6. The van der Waals surface area contributed by atoms with Crippen LogP contribution in [0.5, 0.6) is 0 Å². The number of hydrogen-bond acceptors (Lipinski definition) is 4. The van der Waals surface area contributed by atoms with Crippen LogP contribution < -0.4 is 4.72 Å². The van der Waals surface area contributed by atoms with E-state index in [0.717, 1.165) is 0 Å². The number of carbonyl (C=O) groups excluding carboxylic acids is 1. The molecule has 0 aliphatic rings. The van der Waals surface area contributed by atoms with Gasteiger partial charge in [0.15, 0.2) is 0 Å². The van der Waals surface area contributed by atoms with Gasteiger partial charge in [-0.3, -0.25) is 9.78 Å². The van der Waals surface area contributed by atoms with E-state index in [0.29, 0.717) is 0 Å². The molecule has 0 aliphatic carbocycles. The maximum atomic E-state index is 11.4. The van der Waals surface area contributed by atoms with E-state index in [2.05, 4.69) is 4.98 Å². The average Bonchev–Trinajstić information content (AvgIpc) is 2.18. The average molecular weight is 214 g/mol. The molecule has 0 fully saturated rings. The molecule has 14 heavy (non-hydrogen) atoms. The van der Waals surface area contributed by atoms with E-state index in [4.69, 9.17) is 0 Å². The number of sulfonamides is 1. The predicted octanol–water partition coefficient (Wildman–Crippen LogP) is 0.296.